The molecule has 0 fully saturated rings. The van der Waals surface area contributed by atoms with E-state index in [1.54, 1.807) is 30.5 Å². The molecule has 0 saturated heterocycles. The van der Waals surface area contributed by atoms with Crippen molar-refractivity contribution in [1.29, 1.82) is 5.26 Å². The van der Waals surface area contributed by atoms with Crippen LogP contribution in [0.4, 0.5) is 0 Å². The van der Waals surface area contributed by atoms with Gasteiger partial charge >= 0.3 is 0 Å². The third-order valence-electron chi connectivity index (χ3n) is 4.18. The Balaban J connectivity index is 1.77. The summed E-state index contributed by atoms with van der Waals surface area (Å²) < 4.78 is 7.50. The lowest BCUT2D eigenvalue weighted by Gasteiger charge is -2.05. The van der Waals surface area contributed by atoms with Gasteiger partial charge in [0.15, 0.2) is 12.4 Å². The van der Waals surface area contributed by atoms with Crippen LogP contribution in [0.3, 0.4) is 0 Å². The molecule has 0 amide bonds. The van der Waals surface area contributed by atoms with Gasteiger partial charge in [-0.1, -0.05) is 18.2 Å². The molecule has 5 nitrogen and oxygen atoms in total. The molecular weight excluding hydrogens is 328 g/mol. The maximum Gasteiger partial charge on any atom is 0.202 e. The van der Waals surface area contributed by atoms with E-state index in [4.69, 9.17) is 10.00 Å². The van der Waals surface area contributed by atoms with Gasteiger partial charge in [0.1, 0.15) is 5.75 Å². The van der Waals surface area contributed by atoms with Crippen LogP contribution in [0.2, 0.25) is 0 Å². The molecule has 3 aromatic rings. The van der Waals surface area contributed by atoms with Gasteiger partial charge in [-0.3, -0.25) is 9.59 Å². The van der Waals surface area contributed by atoms with Crippen LogP contribution in [0.15, 0.2) is 54.7 Å². The van der Waals surface area contributed by atoms with Crippen LogP contribution in [0.25, 0.3) is 10.9 Å². The fourth-order valence-corrected chi connectivity index (χ4v) is 2.84. The molecule has 0 spiro atoms. The van der Waals surface area contributed by atoms with E-state index in [1.807, 2.05) is 28.8 Å². The summed E-state index contributed by atoms with van der Waals surface area (Å²) in [5.74, 6) is 0.391. The van der Waals surface area contributed by atoms with Crippen LogP contribution in [0.5, 0.6) is 5.75 Å². The number of Topliss-reactive ketones (excluding diaryl/α,β-unsaturated/α-hetero) is 2. The van der Waals surface area contributed by atoms with E-state index in [2.05, 4.69) is 6.07 Å². The predicted octanol–water partition coefficient (Wildman–Crippen LogP) is 4.02. The molecule has 0 aliphatic carbocycles. The zero-order chi connectivity index (χ0) is 18.5. The van der Waals surface area contributed by atoms with Gasteiger partial charge in [-0.25, -0.2) is 0 Å². The number of nitriles is 1. The number of hydrogen-bond acceptors (Lipinski definition) is 4. The van der Waals surface area contributed by atoms with Gasteiger partial charge in [0.25, 0.3) is 0 Å². The van der Waals surface area contributed by atoms with E-state index in [9.17, 15) is 9.59 Å². The van der Waals surface area contributed by atoms with Gasteiger partial charge in [-0.15, -0.1) is 0 Å². The highest BCUT2D eigenvalue weighted by Crippen LogP contribution is 2.22. The van der Waals surface area contributed by atoms with E-state index in [0.717, 1.165) is 10.9 Å². The summed E-state index contributed by atoms with van der Waals surface area (Å²) in [6.45, 7) is 1.95. The van der Waals surface area contributed by atoms with Gasteiger partial charge < -0.3 is 9.30 Å². The van der Waals surface area contributed by atoms with E-state index >= 15 is 0 Å². The number of carbonyl (C=O) groups is 2. The van der Waals surface area contributed by atoms with Crippen molar-refractivity contribution in [2.75, 3.05) is 6.61 Å². The van der Waals surface area contributed by atoms with Crippen LogP contribution in [0, 0.1) is 11.3 Å². The van der Waals surface area contributed by atoms with Crippen LogP contribution in [-0.4, -0.2) is 22.7 Å². The smallest absolute Gasteiger partial charge is 0.202 e. The molecule has 0 aliphatic heterocycles. The molecule has 5 heteroatoms. The number of aryl methyl sites for hydroxylation is 1. The lowest BCUT2D eigenvalue weighted by molar-refractivity contribution is 0.0922. The topological polar surface area (TPSA) is 72.1 Å². The molecule has 1 heterocycles. The second-order valence-electron chi connectivity index (χ2n) is 5.95. The van der Waals surface area contributed by atoms with Crippen molar-refractivity contribution in [2.24, 2.45) is 0 Å². The molecule has 0 N–H and O–H groups in total. The van der Waals surface area contributed by atoms with E-state index in [1.165, 1.54) is 6.92 Å². The minimum Gasteiger partial charge on any atom is -0.485 e. The molecule has 0 radical (unpaired) electrons. The highest BCUT2D eigenvalue weighted by atomic mass is 16.5. The second kappa shape index (κ2) is 7.66. The fourth-order valence-electron chi connectivity index (χ4n) is 2.84. The summed E-state index contributed by atoms with van der Waals surface area (Å²) >= 11 is 0. The van der Waals surface area contributed by atoms with Crippen LogP contribution >= 0.6 is 0 Å². The normalized spacial score (nSPS) is 10.5. The number of rotatable bonds is 7. The standard InChI is InChI=1S/C21H18N2O3/c1-15(24)16-7-9-17(10-8-16)26-14-21(25)19-13-23(12-4-11-22)20-6-3-2-5-18(19)20/h2-3,5-10,13H,4,12,14H2,1H3. The third kappa shape index (κ3) is 3.65. The number of benzene rings is 2. The SMILES string of the molecule is CC(=O)c1ccc(OCC(=O)c2cn(CCC#N)c3ccccc23)cc1. The first-order chi connectivity index (χ1) is 12.6. The van der Waals surface area contributed by atoms with Crippen molar-refractivity contribution in [3.05, 3.63) is 65.9 Å². The average Bonchev–Trinajstić information content (AvgIpc) is 3.03. The highest BCUT2D eigenvalue weighted by molar-refractivity contribution is 6.08. The molecular formula is C21H18N2O3. The second-order valence-corrected chi connectivity index (χ2v) is 5.95. The van der Waals surface area contributed by atoms with Crippen molar-refractivity contribution < 1.29 is 14.3 Å². The number of ketones is 2. The summed E-state index contributed by atoms with van der Waals surface area (Å²) in [7, 11) is 0. The van der Waals surface area contributed by atoms with E-state index < -0.39 is 0 Å². The summed E-state index contributed by atoms with van der Waals surface area (Å²) in [4.78, 5) is 23.9. The van der Waals surface area contributed by atoms with Crippen molar-refractivity contribution in [2.45, 2.75) is 19.9 Å². The van der Waals surface area contributed by atoms with Crippen LogP contribution in [0.1, 0.15) is 34.1 Å². The van der Waals surface area contributed by atoms with Gasteiger partial charge in [-0.2, -0.15) is 5.26 Å². The number of fused-ring (bicyclic) bond motifs is 1. The van der Waals surface area contributed by atoms with Crippen LogP contribution in [-0.2, 0) is 6.54 Å². The summed E-state index contributed by atoms with van der Waals surface area (Å²) in [6.07, 6.45) is 2.16. The minimum atomic E-state index is -0.132. The van der Waals surface area contributed by atoms with Gasteiger partial charge in [0, 0.05) is 34.8 Å². The minimum absolute atomic E-state index is 0.0159. The van der Waals surface area contributed by atoms with E-state index in [0.29, 0.717) is 29.8 Å². The van der Waals surface area contributed by atoms with Crippen LogP contribution < -0.4 is 4.74 Å². The maximum absolute atomic E-state index is 12.6. The quantitative estimate of drug-likeness (QED) is 0.606. The van der Waals surface area contributed by atoms with Crippen molar-refractivity contribution >= 4 is 22.5 Å². The van der Waals surface area contributed by atoms with Gasteiger partial charge in [-0.05, 0) is 37.3 Å². The number of nitrogens with zero attached hydrogens (tertiary/aromatic N) is 2. The molecule has 0 unspecified atom stereocenters. The Morgan fingerprint density at radius 1 is 1.12 bits per heavy atom. The molecule has 130 valence electrons. The molecule has 26 heavy (non-hydrogen) atoms. The van der Waals surface area contributed by atoms with Crippen molar-refractivity contribution in [1.82, 2.24) is 4.57 Å². The highest BCUT2D eigenvalue weighted by Gasteiger charge is 2.15. The first-order valence-electron chi connectivity index (χ1n) is 8.32. The molecule has 0 atom stereocenters. The summed E-state index contributed by atoms with van der Waals surface area (Å²) in [5.41, 5.74) is 2.11. The first-order valence-corrected chi connectivity index (χ1v) is 8.32. The van der Waals surface area contributed by atoms with Crippen molar-refractivity contribution in [3.63, 3.8) is 0 Å². The largest absolute Gasteiger partial charge is 0.485 e. The number of aromatic nitrogens is 1. The first kappa shape index (κ1) is 17.4. The molecule has 3 rings (SSSR count). The predicted molar refractivity (Wildman–Crippen MR) is 98.4 cm³/mol. The Morgan fingerprint density at radius 3 is 2.54 bits per heavy atom. The van der Waals surface area contributed by atoms with E-state index in [-0.39, 0.29) is 18.2 Å². The van der Waals surface area contributed by atoms with Gasteiger partial charge in [0.05, 0.1) is 12.5 Å². The maximum atomic E-state index is 12.6. The molecule has 0 aliphatic rings. The Morgan fingerprint density at radius 2 is 1.85 bits per heavy atom. The lowest BCUT2D eigenvalue weighted by Crippen LogP contribution is -2.11. The third-order valence-corrected chi connectivity index (χ3v) is 4.18. The zero-order valence-electron chi connectivity index (χ0n) is 14.4. The molecule has 2 aromatic carbocycles. The Hall–Kier alpha value is -3.39. The number of ether oxygens (including phenoxy) is 1. The molecule has 0 saturated carbocycles. The molecule has 1 aromatic heterocycles. The molecule has 0 bridgehead atoms. The van der Waals surface area contributed by atoms with Crippen molar-refractivity contribution in [3.8, 4) is 11.8 Å². The summed E-state index contributed by atoms with van der Waals surface area (Å²) in [6, 6.07) is 16.5. The average molecular weight is 346 g/mol. The monoisotopic (exact) mass is 346 g/mol. The zero-order valence-corrected chi connectivity index (χ0v) is 14.4. The summed E-state index contributed by atoms with van der Waals surface area (Å²) in [5, 5.41) is 9.66. The number of carbonyl (C=O) groups excluding carboxylic acids is 2. The van der Waals surface area contributed by atoms with Gasteiger partial charge in [0.2, 0.25) is 5.78 Å². The number of para-hydroxylation sites is 1. The number of hydrogen-bond donors (Lipinski definition) is 0. The Labute approximate surface area is 151 Å². The Bertz CT molecular complexity index is 994. The Kier molecular flexibility index (Phi) is 5.14. The lowest BCUT2D eigenvalue weighted by atomic mass is 10.1. The fraction of sp³-hybridized carbons (Fsp3) is 0.190.